The van der Waals surface area contributed by atoms with E-state index in [0.717, 1.165) is 19.0 Å². The molecule has 50 valence electrons. The Bertz CT molecular complexity index is 140. The molecule has 9 heavy (non-hydrogen) atoms. The SMILES string of the molecule is C1CN=C2CNCC2C1. The molecule has 1 saturated heterocycles. The zero-order valence-electron chi connectivity index (χ0n) is 5.56. The highest BCUT2D eigenvalue weighted by Crippen LogP contribution is 2.16. The van der Waals surface area contributed by atoms with Crippen molar-refractivity contribution in [1.29, 1.82) is 0 Å². The quantitative estimate of drug-likeness (QED) is 0.498. The van der Waals surface area contributed by atoms with E-state index in [0.29, 0.717) is 0 Å². The van der Waals surface area contributed by atoms with Gasteiger partial charge in [-0.25, -0.2) is 0 Å². The van der Waals surface area contributed by atoms with Gasteiger partial charge in [-0.15, -0.1) is 0 Å². The maximum Gasteiger partial charge on any atom is 0.0389 e. The number of hydrogen-bond acceptors (Lipinski definition) is 2. The lowest BCUT2D eigenvalue weighted by Gasteiger charge is -2.13. The second-order valence-corrected chi connectivity index (χ2v) is 2.84. The number of hydrogen-bond donors (Lipinski definition) is 1. The largest absolute Gasteiger partial charge is 0.311 e. The van der Waals surface area contributed by atoms with E-state index in [9.17, 15) is 0 Å². The molecule has 2 heteroatoms. The normalized spacial score (nSPS) is 33.8. The summed E-state index contributed by atoms with van der Waals surface area (Å²) in [6.07, 6.45) is 2.67. The monoisotopic (exact) mass is 124 g/mol. The van der Waals surface area contributed by atoms with Crippen LogP contribution in [0, 0.1) is 5.92 Å². The van der Waals surface area contributed by atoms with Crippen LogP contribution in [0.3, 0.4) is 0 Å². The Morgan fingerprint density at radius 2 is 2.56 bits per heavy atom. The van der Waals surface area contributed by atoms with Crippen molar-refractivity contribution in [2.45, 2.75) is 12.8 Å². The van der Waals surface area contributed by atoms with E-state index in [-0.39, 0.29) is 0 Å². The Morgan fingerprint density at radius 1 is 1.56 bits per heavy atom. The standard InChI is InChI=1S/C7H12N2/c1-2-6-4-8-5-7(6)9-3-1/h6,8H,1-5H2. The smallest absolute Gasteiger partial charge is 0.0389 e. The minimum Gasteiger partial charge on any atom is -0.311 e. The first-order valence-corrected chi connectivity index (χ1v) is 3.71. The molecule has 2 rings (SSSR count). The lowest BCUT2D eigenvalue weighted by Crippen LogP contribution is -2.16. The predicted octanol–water partition coefficient (Wildman–Crippen LogP) is 0.441. The molecule has 0 aliphatic carbocycles. The highest BCUT2D eigenvalue weighted by Gasteiger charge is 2.23. The molecular formula is C7H12N2. The second kappa shape index (κ2) is 2.10. The van der Waals surface area contributed by atoms with E-state index in [1.165, 1.54) is 25.1 Å². The Morgan fingerprint density at radius 3 is 3.44 bits per heavy atom. The van der Waals surface area contributed by atoms with Crippen molar-refractivity contribution in [3.8, 4) is 0 Å². The summed E-state index contributed by atoms with van der Waals surface area (Å²) >= 11 is 0. The third kappa shape index (κ3) is 0.874. The third-order valence-corrected chi connectivity index (χ3v) is 2.19. The summed E-state index contributed by atoms with van der Waals surface area (Å²) in [6, 6.07) is 0. The molecule has 1 unspecified atom stereocenters. The van der Waals surface area contributed by atoms with E-state index < -0.39 is 0 Å². The molecule has 1 atom stereocenters. The molecule has 0 amide bonds. The summed E-state index contributed by atoms with van der Waals surface area (Å²) in [6.45, 7) is 3.32. The summed E-state index contributed by atoms with van der Waals surface area (Å²) in [5.41, 5.74) is 1.43. The number of nitrogens with zero attached hydrogens (tertiary/aromatic N) is 1. The molecular weight excluding hydrogens is 112 g/mol. The zero-order chi connectivity index (χ0) is 6.10. The fraction of sp³-hybridized carbons (Fsp3) is 0.857. The Hall–Kier alpha value is -0.370. The molecule has 0 aromatic heterocycles. The molecule has 2 nitrogen and oxygen atoms in total. The summed E-state index contributed by atoms with van der Waals surface area (Å²) in [5.74, 6) is 0.804. The molecule has 0 aromatic rings. The first-order valence-electron chi connectivity index (χ1n) is 3.71. The van der Waals surface area contributed by atoms with Crippen molar-refractivity contribution in [1.82, 2.24) is 5.32 Å². The minimum atomic E-state index is 0.804. The van der Waals surface area contributed by atoms with Gasteiger partial charge in [-0.3, -0.25) is 4.99 Å². The number of rotatable bonds is 0. The van der Waals surface area contributed by atoms with Gasteiger partial charge >= 0.3 is 0 Å². The van der Waals surface area contributed by atoms with Crippen LogP contribution in [-0.2, 0) is 0 Å². The maximum atomic E-state index is 4.45. The molecule has 1 fully saturated rings. The van der Waals surface area contributed by atoms with Gasteiger partial charge in [0.15, 0.2) is 0 Å². The highest BCUT2D eigenvalue weighted by atomic mass is 15.0. The Balaban J connectivity index is 2.16. The van der Waals surface area contributed by atoms with E-state index in [2.05, 4.69) is 10.3 Å². The lowest BCUT2D eigenvalue weighted by atomic mass is 9.98. The summed E-state index contributed by atoms with van der Waals surface area (Å²) < 4.78 is 0. The van der Waals surface area contributed by atoms with Crippen molar-refractivity contribution < 1.29 is 0 Å². The zero-order valence-corrected chi connectivity index (χ0v) is 5.56. The van der Waals surface area contributed by atoms with Crippen molar-refractivity contribution >= 4 is 5.71 Å². The number of nitrogens with one attached hydrogen (secondary N) is 1. The molecule has 1 N–H and O–H groups in total. The van der Waals surface area contributed by atoms with Crippen LogP contribution in [0.2, 0.25) is 0 Å². The number of fused-ring (bicyclic) bond motifs is 1. The number of aliphatic imine (C=N–C) groups is 1. The van der Waals surface area contributed by atoms with Gasteiger partial charge in [0.2, 0.25) is 0 Å². The van der Waals surface area contributed by atoms with Crippen LogP contribution < -0.4 is 5.32 Å². The average molecular weight is 124 g/mol. The van der Waals surface area contributed by atoms with Crippen molar-refractivity contribution in [2.75, 3.05) is 19.6 Å². The Labute approximate surface area is 55.4 Å². The summed E-state index contributed by atoms with van der Waals surface area (Å²) in [4.78, 5) is 4.45. The van der Waals surface area contributed by atoms with Crippen LogP contribution in [0.15, 0.2) is 4.99 Å². The van der Waals surface area contributed by atoms with Crippen LogP contribution in [0.25, 0.3) is 0 Å². The van der Waals surface area contributed by atoms with Crippen molar-refractivity contribution in [3.63, 3.8) is 0 Å². The minimum absolute atomic E-state index is 0.804. The average Bonchev–Trinajstić information content (AvgIpc) is 2.33. The van der Waals surface area contributed by atoms with Gasteiger partial charge < -0.3 is 5.32 Å². The van der Waals surface area contributed by atoms with E-state index >= 15 is 0 Å². The van der Waals surface area contributed by atoms with Crippen LogP contribution >= 0.6 is 0 Å². The Kier molecular flexibility index (Phi) is 1.27. The van der Waals surface area contributed by atoms with Crippen LogP contribution in [-0.4, -0.2) is 25.3 Å². The molecule has 0 radical (unpaired) electrons. The molecule has 2 aliphatic heterocycles. The molecule has 0 bridgehead atoms. The van der Waals surface area contributed by atoms with E-state index in [4.69, 9.17) is 0 Å². The predicted molar refractivity (Wildman–Crippen MR) is 37.9 cm³/mol. The van der Waals surface area contributed by atoms with Crippen LogP contribution in [0.1, 0.15) is 12.8 Å². The van der Waals surface area contributed by atoms with Crippen LogP contribution in [0.4, 0.5) is 0 Å². The fourth-order valence-corrected chi connectivity index (χ4v) is 1.65. The van der Waals surface area contributed by atoms with Crippen LogP contribution in [0.5, 0.6) is 0 Å². The fourth-order valence-electron chi connectivity index (χ4n) is 1.65. The molecule has 2 heterocycles. The van der Waals surface area contributed by atoms with Crippen molar-refractivity contribution in [2.24, 2.45) is 10.9 Å². The first kappa shape index (κ1) is 5.42. The summed E-state index contributed by atoms with van der Waals surface area (Å²) in [5, 5.41) is 3.33. The van der Waals surface area contributed by atoms with Gasteiger partial charge in [0, 0.05) is 31.3 Å². The van der Waals surface area contributed by atoms with Crippen molar-refractivity contribution in [3.05, 3.63) is 0 Å². The maximum absolute atomic E-state index is 4.45. The topological polar surface area (TPSA) is 24.4 Å². The van der Waals surface area contributed by atoms with Gasteiger partial charge in [0.05, 0.1) is 0 Å². The molecule has 2 aliphatic rings. The van der Waals surface area contributed by atoms with E-state index in [1.54, 1.807) is 0 Å². The lowest BCUT2D eigenvalue weighted by molar-refractivity contribution is 0.580. The highest BCUT2D eigenvalue weighted by molar-refractivity contribution is 5.91. The van der Waals surface area contributed by atoms with Gasteiger partial charge in [0.1, 0.15) is 0 Å². The molecule has 0 spiro atoms. The molecule has 0 aromatic carbocycles. The van der Waals surface area contributed by atoms with Gasteiger partial charge in [-0.1, -0.05) is 0 Å². The third-order valence-electron chi connectivity index (χ3n) is 2.19. The van der Waals surface area contributed by atoms with Gasteiger partial charge in [-0.2, -0.15) is 0 Å². The second-order valence-electron chi connectivity index (χ2n) is 2.84. The molecule has 0 saturated carbocycles. The van der Waals surface area contributed by atoms with E-state index in [1.807, 2.05) is 0 Å². The summed E-state index contributed by atoms with van der Waals surface area (Å²) in [7, 11) is 0. The van der Waals surface area contributed by atoms with Gasteiger partial charge in [-0.05, 0) is 12.8 Å². The first-order chi connectivity index (χ1) is 4.47. The van der Waals surface area contributed by atoms with Gasteiger partial charge in [0.25, 0.3) is 0 Å².